The topological polar surface area (TPSA) is 109 Å². The lowest BCUT2D eigenvalue weighted by Crippen LogP contribution is -2.19. The fourth-order valence-corrected chi connectivity index (χ4v) is 3.66. The molecule has 0 aliphatic carbocycles. The first-order chi connectivity index (χ1) is 8.48. The van der Waals surface area contributed by atoms with Crippen molar-refractivity contribution in [2.24, 2.45) is 0 Å². The smallest absolute Gasteiger partial charge is 0.336 e. The highest BCUT2D eigenvalue weighted by atomic mass is 80.0. The van der Waals surface area contributed by atoms with Gasteiger partial charge in [-0.3, -0.25) is 0 Å². The Morgan fingerprint density at radius 2 is 1.47 bits per heavy atom. The van der Waals surface area contributed by atoms with Crippen molar-refractivity contribution in [3.8, 4) is 0 Å². The molecule has 0 unspecified atom stereocenters. The summed E-state index contributed by atoms with van der Waals surface area (Å²) in [5, 5.41) is 17.7. The van der Waals surface area contributed by atoms with Crippen molar-refractivity contribution in [2.75, 3.05) is 0 Å². The molecule has 0 spiro atoms. The number of carbonyl (C=O) groups is 2. The van der Waals surface area contributed by atoms with Gasteiger partial charge in [-0.25, -0.2) is 18.0 Å². The number of halogens is 3. The van der Waals surface area contributed by atoms with Gasteiger partial charge in [0, 0.05) is 0 Å². The van der Waals surface area contributed by atoms with E-state index in [1.54, 1.807) is 0 Å². The Morgan fingerprint density at radius 3 is 1.84 bits per heavy atom. The van der Waals surface area contributed by atoms with E-state index in [1.807, 2.05) is 0 Å². The summed E-state index contributed by atoms with van der Waals surface area (Å²) in [7, 11) is -3.98. The van der Waals surface area contributed by atoms with E-state index in [2.05, 4.69) is 47.8 Å². The van der Waals surface area contributed by atoms with Crippen LogP contribution in [0.4, 0.5) is 0 Å². The van der Waals surface area contributed by atoms with Crippen molar-refractivity contribution in [3.63, 3.8) is 0 Å². The van der Waals surface area contributed by atoms with Gasteiger partial charge in [-0.1, -0.05) is 0 Å². The number of rotatable bonds is 3. The van der Waals surface area contributed by atoms with Crippen LogP contribution in [-0.4, -0.2) is 32.0 Å². The second-order valence-corrected chi connectivity index (χ2v) is 13.7. The van der Waals surface area contributed by atoms with Crippen molar-refractivity contribution < 1.29 is 28.2 Å². The van der Waals surface area contributed by atoms with E-state index in [-0.39, 0.29) is 4.90 Å². The number of alkyl halides is 3. The third kappa shape index (κ3) is 3.36. The summed E-state index contributed by atoms with van der Waals surface area (Å²) in [5.74, 6) is -2.98. The van der Waals surface area contributed by atoms with E-state index < -0.39 is 34.4 Å². The Bertz CT molecular complexity index is 646. The van der Waals surface area contributed by atoms with Crippen LogP contribution < -0.4 is 0 Å². The van der Waals surface area contributed by atoms with E-state index in [0.29, 0.717) is 0 Å². The fraction of sp³-hybridized carbons (Fsp3) is 0.111. The first-order valence-corrected chi connectivity index (χ1v) is 8.26. The Kier molecular flexibility index (Phi) is 4.81. The lowest BCUT2D eigenvalue weighted by Gasteiger charge is -2.14. The van der Waals surface area contributed by atoms with Gasteiger partial charge in [0.05, 0.1) is 16.0 Å². The quantitative estimate of drug-likeness (QED) is 0.644. The molecule has 0 saturated heterocycles. The molecule has 1 rings (SSSR count). The fourth-order valence-electron chi connectivity index (χ4n) is 1.19. The minimum absolute atomic E-state index is 0.347. The second-order valence-electron chi connectivity index (χ2n) is 3.27. The van der Waals surface area contributed by atoms with Crippen LogP contribution in [0.25, 0.3) is 0 Å². The van der Waals surface area contributed by atoms with Gasteiger partial charge in [0.25, 0.3) is 0 Å². The van der Waals surface area contributed by atoms with Crippen LogP contribution in [0.3, 0.4) is 0 Å². The van der Waals surface area contributed by atoms with Crippen LogP contribution in [0.2, 0.25) is 0 Å². The van der Waals surface area contributed by atoms with Crippen LogP contribution in [0, 0.1) is 0 Å². The number of carboxylic acid groups (broad SMARTS) is 2. The molecule has 0 bridgehead atoms. The molecule has 0 saturated carbocycles. The van der Waals surface area contributed by atoms with E-state index in [4.69, 9.17) is 10.2 Å². The summed E-state index contributed by atoms with van der Waals surface area (Å²) in [6.07, 6.45) is 0. The molecule has 19 heavy (non-hydrogen) atoms. The van der Waals surface area contributed by atoms with Crippen LogP contribution in [-0.2, 0) is 9.84 Å². The number of hydrogen-bond donors (Lipinski definition) is 2. The molecule has 1 aromatic carbocycles. The monoisotopic (exact) mass is 478 g/mol. The first-order valence-electron chi connectivity index (χ1n) is 4.40. The molecular formula is C9H5Br3O6S. The highest BCUT2D eigenvalue weighted by Crippen LogP contribution is 2.43. The molecule has 0 heterocycles. The van der Waals surface area contributed by atoms with Gasteiger partial charge < -0.3 is 10.2 Å². The summed E-state index contributed by atoms with van der Waals surface area (Å²) in [5.41, 5.74) is -1.10. The van der Waals surface area contributed by atoms with Crippen LogP contribution in [0.1, 0.15) is 20.7 Å². The maximum Gasteiger partial charge on any atom is 0.336 e. The molecule has 0 amide bonds. The number of benzene rings is 1. The van der Waals surface area contributed by atoms with E-state index in [9.17, 15) is 18.0 Å². The minimum Gasteiger partial charge on any atom is -0.478 e. The predicted molar refractivity (Wildman–Crippen MR) is 77.1 cm³/mol. The molecule has 0 radical (unpaired) electrons. The molecule has 0 aromatic heterocycles. The summed E-state index contributed by atoms with van der Waals surface area (Å²) in [4.78, 5) is 21.5. The highest BCUT2D eigenvalue weighted by molar-refractivity contribution is 9.42. The van der Waals surface area contributed by atoms with Gasteiger partial charge in [-0.15, -0.1) is 0 Å². The Hall–Kier alpha value is -0.450. The molecule has 0 aliphatic heterocycles. The summed E-state index contributed by atoms with van der Waals surface area (Å²) >= 11 is 8.48. The molecule has 2 N–H and O–H groups in total. The lowest BCUT2D eigenvalue weighted by molar-refractivity contribution is 0.0651. The standard InChI is InChI=1S/C9H5Br3O6S/c10-9(11,12)19(17,18)4-1-2-5(7(13)14)6(3-4)8(15)16/h1-3H,(H,13,14)(H,15,16). The molecule has 0 aliphatic rings. The molecule has 6 nitrogen and oxygen atoms in total. The normalized spacial score (nSPS) is 12.2. The number of sulfone groups is 1. The summed E-state index contributed by atoms with van der Waals surface area (Å²) in [6, 6.07) is 2.74. The van der Waals surface area contributed by atoms with E-state index >= 15 is 0 Å². The van der Waals surface area contributed by atoms with Crippen LogP contribution >= 0.6 is 47.8 Å². The van der Waals surface area contributed by atoms with Crippen molar-refractivity contribution in [1.82, 2.24) is 0 Å². The zero-order valence-corrected chi connectivity index (χ0v) is 14.4. The molecule has 0 atom stereocenters. The average molecular weight is 481 g/mol. The lowest BCUT2D eigenvalue weighted by atomic mass is 10.1. The van der Waals surface area contributed by atoms with Gasteiger partial charge >= 0.3 is 11.9 Å². The van der Waals surface area contributed by atoms with Crippen molar-refractivity contribution in [2.45, 2.75) is 6.37 Å². The van der Waals surface area contributed by atoms with Gasteiger partial charge in [-0.05, 0) is 66.0 Å². The predicted octanol–water partition coefficient (Wildman–Crippen LogP) is 2.65. The third-order valence-electron chi connectivity index (χ3n) is 2.07. The summed E-state index contributed by atoms with van der Waals surface area (Å²) in [6.45, 7) is 0. The van der Waals surface area contributed by atoms with Gasteiger partial charge in [-0.2, -0.15) is 0 Å². The van der Waals surface area contributed by atoms with E-state index in [0.717, 1.165) is 18.2 Å². The van der Waals surface area contributed by atoms with Gasteiger partial charge in [0.2, 0.25) is 11.3 Å². The van der Waals surface area contributed by atoms with Crippen LogP contribution in [0.5, 0.6) is 0 Å². The maximum absolute atomic E-state index is 12.0. The van der Waals surface area contributed by atoms with Crippen molar-refractivity contribution in [3.05, 3.63) is 29.3 Å². The highest BCUT2D eigenvalue weighted by Gasteiger charge is 2.38. The molecule has 1 aromatic rings. The average Bonchev–Trinajstić information content (AvgIpc) is 2.26. The first kappa shape index (κ1) is 16.6. The zero-order valence-electron chi connectivity index (χ0n) is 8.80. The SMILES string of the molecule is O=C(O)c1ccc(S(=O)(=O)C(Br)(Br)Br)cc1C(=O)O. The molecular weight excluding hydrogens is 476 g/mol. The van der Waals surface area contributed by atoms with Gasteiger partial charge in [0.1, 0.15) is 0 Å². The maximum atomic E-state index is 12.0. The third-order valence-corrected chi connectivity index (χ3v) is 7.39. The molecule has 0 fully saturated rings. The zero-order chi connectivity index (χ0) is 15.0. The number of hydrogen-bond acceptors (Lipinski definition) is 4. The minimum atomic E-state index is -3.98. The van der Waals surface area contributed by atoms with Crippen LogP contribution in [0.15, 0.2) is 23.1 Å². The molecule has 104 valence electrons. The molecule has 10 heteroatoms. The van der Waals surface area contributed by atoms with Gasteiger partial charge in [0.15, 0.2) is 0 Å². The van der Waals surface area contributed by atoms with Crippen molar-refractivity contribution >= 4 is 69.6 Å². The Balaban J connectivity index is 3.57. The van der Waals surface area contributed by atoms with Crippen molar-refractivity contribution in [1.29, 1.82) is 0 Å². The Labute approximate surface area is 133 Å². The number of aromatic carboxylic acids is 2. The second kappa shape index (κ2) is 5.51. The van der Waals surface area contributed by atoms with E-state index in [1.165, 1.54) is 0 Å². The summed E-state index contributed by atoms with van der Waals surface area (Å²) < 4.78 is 22.4. The number of carboxylic acids is 2. The largest absolute Gasteiger partial charge is 0.478 e. The Morgan fingerprint density at radius 1 is 1.00 bits per heavy atom.